The molecule has 4 aliphatic rings. The van der Waals surface area contributed by atoms with Crippen LogP contribution >= 0.6 is 0 Å². The Kier molecular flexibility index (Phi) is 17.6. The second kappa shape index (κ2) is 27.4. The highest BCUT2D eigenvalue weighted by Gasteiger charge is 2.45. The summed E-state index contributed by atoms with van der Waals surface area (Å²) in [6.07, 6.45) is 12.4. The molecule has 13 aromatic rings. The molecule has 1 aromatic heterocycles. The maximum atomic E-state index is 5.96. The molecule has 5 nitrogen and oxygen atoms in total. The summed E-state index contributed by atoms with van der Waals surface area (Å²) in [4.78, 5) is 23.1. The van der Waals surface area contributed by atoms with Crippen molar-refractivity contribution in [3.8, 4) is 89.8 Å². The van der Waals surface area contributed by atoms with Gasteiger partial charge in [-0.2, -0.15) is 0 Å². The quantitative estimate of drug-likeness (QED) is 0.114. The van der Waals surface area contributed by atoms with Gasteiger partial charge in [0.1, 0.15) is 0 Å². The van der Waals surface area contributed by atoms with Crippen LogP contribution in [0.1, 0.15) is 166 Å². The molecule has 0 saturated heterocycles. The SMILES string of the molecule is CC(C)(C)c1cc(-c2ccccc2)cc(N2c3cc(C4CCCCC4)ccc3B3c4ccc(C5CCCCC5)cc4N(c4cc(C(C)(C)C)cc(C(C)(C)C)c4)c4cc(-c5nc(-c6cc(-c7ccccc7)cc(-c7ccccc7)c6)nc(-c6cc(-c7ccccc7)cc(-c7ccccc7)c6)n5)cc2c43)c1. The van der Waals surface area contributed by atoms with Crippen molar-refractivity contribution in [3.05, 3.63) is 301 Å². The van der Waals surface area contributed by atoms with Gasteiger partial charge in [-0.15, -0.1) is 0 Å². The molecule has 0 atom stereocenters. The Morgan fingerprint density at radius 3 is 0.895 bits per heavy atom. The zero-order valence-corrected chi connectivity index (χ0v) is 62.5. The number of hydrogen-bond donors (Lipinski definition) is 0. The second-order valence-electron chi connectivity index (χ2n) is 33.4. The van der Waals surface area contributed by atoms with E-state index in [1.807, 2.05) is 0 Å². The van der Waals surface area contributed by atoms with Gasteiger partial charge in [0.05, 0.1) is 0 Å². The van der Waals surface area contributed by atoms with Crippen LogP contribution in [0.4, 0.5) is 34.1 Å². The predicted molar refractivity (Wildman–Crippen MR) is 445 cm³/mol. The van der Waals surface area contributed by atoms with Crippen molar-refractivity contribution in [2.24, 2.45) is 0 Å². The lowest BCUT2D eigenvalue weighted by Gasteiger charge is -2.45. The first kappa shape index (κ1) is 67.5. The topological polar surface area (TPSA) is 45.2 Å². The Morgan fingerprint density at radius 2 is 0.562 bits per heavy atom. The molecule has 3 heterocycles. The molecule has 2 aliphatic carbocycles. The summed E-state index contributed by atoms with van der Waals surface area (Å²) >= 11 is 0. The summed E-state index contributed by atoms with van der Waals surface area (Å²) in [5, 5.41) is 0. The van der Waals surface area contributed by atoms with E-state index in [2.05, 4.69) is 345 Å². The van der Waals surface area contributed by atoms with Crippen LogP contribution in [-0.2, 0) is 16.2 Å². The van der Waals surface area contributed by atoms with E-state index in [-0.39, 0.29) is 23.0 Å². The van der Waals surface area contributed by atoms with Gasteiger partial charge in [0, 0.05) is 50.8 Å². The van der Waals surface area contributed by atoms with Gasteiger partial charge in [0.15, 0.2) is 17.5 Å². The molecule has 0 N–H and O–H groups in total. The molecule has 518 valence electrons. The zero-order valence-electron chi connectivity index (χ0n) is 62.5. The monoisotopic (exact) mass is 1360 g/mol. The van der Waals surface area contributed by atoms with E-state index in [1.165, 1.54) is 131 Å². The summed E-state index contributed by atoms with van der Waals surface area (Å²) in [6.45, 7) is 21.2. The van der Waals surface area contributed by atoms with E-state index >= 15 is 0 Å². The van der Waals surface area contributed by atoms with Crippen molar-refractivity contribution in [1.82, 2.24) is 15.0 Å². The average Bonchev–Trinajstić information content (AvgIpc) is 0.692. The van der Waals surface area contributed by atoms with Crippen molar-refractivity contribution in [2.45, 2.75) is 155 Å². The molecule has 0 bridgehead atoms. The van der Waals surface area contributed by atoms with Gasteiger partial charge in [-0.3, -0.25) is 0 Å². The Bertz CT molecular complexity index is 5090. The molecular weight excluding hydrogens is 1270 g/mol. The van der Waals surface area contributed by atoms with Crippen LogP contribution in [-0.4, -0.2) is 21.7 Å². The van der Waals surface area contributed by atoms with Gasteiger partial charge in [0.25, 0.3) is 6.71 Å². The Morgan fingerprint density at radius 1 is 0.267 bits per heavy atom. The summed E-state index contributed by atoms with van der Waals surface area (Å²) in [5.41, 5.74) is 31.1. The zero-order chi connectivity index (χ0) is 71.7. The van der Waals surface area contributed by atoms with Gasteiger partial charge in [-0.05, 0) is 239 Å². The molecule has 2 fully saturated rings. The Balaban J connectivity index is 1.01. The fourth-order valence-corrected chi connectivity index (χ4v) is 17.1. The number of benzene rings is 12. The number of fused-ring (bicyclic) bond motifs is 4. The summed E-state index contributed by atoms with van der Waals surface area (Å²) in [7, 11) is 0. The van der Waals surface area contributed by atoms with Crippen LogP contribution in [0.3, 0.4) is 0 Å². The minimum atomic E-state index is -0.186. The van der Waals surface area contributed by atoms with Gasteiger partial charge < -0.3 is 9.80 Å². The molecule has 6 heteroatoms. The number of aromatic nitrogens is 3. The van der Waals surface area contributed by atoms with Gasteiger partial charge in [-0.25, -0.2) is 15.0 Å². The molecule has 2 aliphatic heterocycles. The molecule has 12 aromatic carbocycles. The molecular formula is C99H94BN5. The fourth-order valence-electron chi connectivity index (χ4n) is 17.1. The number of rotatable bonds is 12. The first-order chi connectivity index (χ1) is 50.9. The van der Waals surface area contributed by atoms with E-state index in [9.17, 15) is 0 Å². The van der Waals surface area contributed by atoms with Crippen molar-refractivity contribution in [1.29, 1.82) is 0 Å². The first-order valence-corrected chi connectivity index (χ1v) is 38.6. The highest BCUT2D eigenvalue weighted by Crippen LogP contribution is 2.51. The number of anilines is 6. The highest BCUT2D eigenvalue weighted by molar-refractivity contribution is 7.00. The maximum Gasteiger partial charge on any atom is 0.252 e. The largest absolute Gasteiger partial charge is 0.311 e. The van der Waals surface area contributed by atoms with Crippen LogP contribution in [0, 0.1) is 0 Å². The van der Waals surface area contributed by atoms with Crippen molar-refractivity contribution >= 4 is 57.2 Å². The summed E-state index contributed by atoms with van der Waals surface area (Å²) in [6, 6.07) is 103. The third kappa shape index (κ3) is 13.4. The molecule has 0 amide bonds. The lowest BCUT2D eigenvalue weighted by Crippen LogP contribution is -2.61. The van der Waals surface area contributed by atoms with Crippen LogP contribution in [0.15, 0.2) is 273 Å². The minimum absolute atomic E-state index is 0.117. The lowest BCUT2D eigenvalue weighted by molar-refractivity contribution is 0.444. The average molecular weight is 1360 g/mol. The first-order valence-electron chi connectivity index (χ1n) is 38.6. The van der Waals surface area contributed by atoms with E-state index in [4.69, 9.17) is 15.0 Å². The summed E-state index contributed by atoms with van der Waals surface area (Å²) < 4.78 is 0. The van der Waals surface area contributed by atoms with Crippen LogP contribution < -0.4 is 26.2 Å². The predicted octanol–water partition coefficient (Wildman–Crippen LogP) is 25.3. The number of nitrogens with zero attached hydrogens (tertiary/aromatic N) is 5. The molecule has 2 saturated carbocycles. The van der Waals surface area contributed by atoms with Gasteiger partial charge in [-0.1, -0.05) is 289 Å². The van der Waals surface area contributed by atoms with Crippen LogP contribution in [0.25, 0.3) is 89.8 Å². The highest BCUT2D eigenvalue weighted by atomic mass is 15.2. The smallest absolute Gasteiger partial charge is 0.252 e. The molecule has 0 unspecified atom stereocenters. The van der Waals surface area contributed by atoms with Crippen molar-refractivity contribution < 1.29 is 0 Å². The Hall–Kier alpha value is -10.7. The second-order valence-corrected chi connectivity index (χ2v) is 33.4. The van der Waals surface area contributed by atoms with E-state index < -0.39 is 0 Å². The van der Waals surface area contributed by atoms with Crippen LogP contribution in [0.2, 0.25) is 0 Å². The molecule has 0 spiro atoms. The molecule has 17 rings (SSSR count). The molecule has 0 radical (unpaired) electrons. The van der Waals surface area contributed by atoms with Crippen molar-refractivity contribution in [3.63, 3.8) is 0 Å². The normalized spacial score (nSPS) is 14.8. The van der Waals surface area contributed by atoms with Crippen molar-refractivity contribution in [2.75, 3.05) is 9.80 Å². The standard InChI is InChI=1S/C99H94BN5/c1-97(2,3)82-55-78(71-43-29-16-30-44-71)56-85(62-82)104-89-57-72(65-31-17-10-18-32-65)45-47-87(89)100-88-48-46-73(66-33-19-11-20-34-66)58-90(88)105(86-63-83(98(4,5)6)61-84(64-86)99(7,8)9)92-60-81(59-91(104)93(92)100)96-102-94(79-51-74(67-35-21-12-22-36-67)49-75(52-79)68-37-23-13-24-38-68)101-95(103-96)80-53-76(69-39-25-14-26-40-69)50-77(54-80)70-41-27-15-28-42-70/h12-16,21-30,35-66H,10-11,17-20,31-34H2,1-9H3. The third-order valence-corrected chi connectivity index (χ3v) is 23.0. The van der Waals surface area contributed by atoms with Crippen LogP contribution in [0.5, 0.6) is 0 Å². The lowest BCUT2D eigenvalue weighted by atomic mass is 9.33. The Labute approximate surface area is 623 Å². The maximum absolute atomic E-state index is 5.96. The third-order valence-electron chi connectivity index (χ3n) is 23.0. The van der Waals surface area contributed by atoms with E-state index in [0.717, 1.165) is 83.9 Å². The minimum Gasteiger partial charge on any atom is -0.311 e. The van der Waals surface area contributed by atoms with E-state index in [0.29, 0.717) is 29.3 Å². The van der Waals surface area contributed by atoms with E-state index in [1.54, 1.807) is 0 Å². The molecule has 105 heavy (non-hydrogen) atoms. The van der Waals surface area contributed by atoms with Gasteiger partial charge in [0.2, 0.25) is 0 Å². The fraction of sp³-hybridized carbons (Fsp3) is 0.242. The summed E-state index contributed by atoms with van der Waals surface area (Å²) in [5.74, 6) is 2.74. The number of hydrogen-bond acceptors (Lipinski definition) is 5. The van der Waals surface area contributed by atoms with Gasteiger partial charge >= 0.3 is 0 Å².